The summed E-state index contributed by atoms with van der Waals surface area (Å²) in [6.45, 7) is 0. The first-order chi connectivity index (χ1) is 8.74. The van der Waals surface area contributed by atoms with Crippen LogP contribution in [0.25, 0.3) is 0 Å². The summed E-state index contributed by atoms with van der Waals surface area (Å²) in [5.41, 5.74) is 0.593. The number of fused-ring (bicyclic) bond motifs is 1. The van der Waals surface area contributed by atoms with Crippen LogP contribution in [0.3, 0.4) is 0 Å². The smallest absolute Gasteiger partial charge is 0.137 e. The van der Waals surface area contributed by atoms with Crippen molar-refractivity contribution in [3.63, 3.8) is 0 Å². The Balaban J connectivity index is 2.11. The SMILES string of the molecule is COc1cncc(C2(O)CCCc3occc32)c1. The monoisotopic (exact) mass is 245 g/mol. The van der Waals surface area contributed by atoms with Gasteiger partial charge >= 0.3 is 0 Å². The summed E-state index contributed by atoms with van der Waals surface area (Å²) in [4.78, 5) is 4.12. The van der Waals surface area contributed by atoms with E-state index in [4.69, 9.17) is 9.15 Å². The standard InChI is InChI=1S/C14H15NO3/c1-17-11-7-10(8-15-9-11)14(16)5-2-3-13-12(14)4-6-18-13/h4,6-9,16H,2-3,5H2,1H3. The molecule has 0 saturated carbocycles. The van der Waals surface area contributed by atoms with Gasteiger partial charge < -0.3 is 14.3 Å². The number of pyridine rings is 1. The van der Waals surface area contributed by atoms with E-state index in [9.17, 15) is 5.11 Å². The fraction of sp³-hybridized carbons (Fsp3) is 0.357. The highest BCUT2D eigenvalue weighted by atomic mass is 16.5. The van der Waals surface area contributed by atoms with Gasteiger partial charge in [-0.25, -0.2) is 0 Å². The summed E-state index contributed by atoms with van der Waals surface area (Å²) < 4.78 is 10.6. The van der Waals surface area contributed by atoms with Crippen molar-refractivity contribution in [2.45, 2.75) is 24.9 Å². The van der Waals surface area contributed by atoms with Gasteiger partial charge in [0.25, 0.3) is 0 Å². The zero-order valence-electron chi connectivity index (χ0n) is 10.2. The summed E-state index contributed by atoms with van der Waals surface area (Å²) in [6, 6.07) is 3.67. The van der Waals surface area contributed by atoms with Crippen molar-refractivity contribution in [2.75, 3.05) is 7.11 Å². The van der Waals surface area contributed by atoms with Crippen LogP contribution in [0.15, 0.2) is 35.2 Å². The minimum Gasteiger partial charge on any atom is -0.495 e. The molecule has 0 aliphatic heterocycles. The molecule has 4 heteroatoms. The van der Waals surface area contributed by atoms with E-state index >= 15 is 0 Å². The summed E-state index contributed by atoms with van der Waals surface area (Å²) in [6.07, 6.45) is 7.40. The van der Waals surface area contributed by atoms with Crippen LogP contribution in [-0.4, -0.2) is 17.2 Å². The van der Waals surface area contributed by atoms with E-state index < -0.39 is 5.60 Å². The fourth-order valence-electron chi connectivity index (χ4n) is 2.60. The third-order valence-electron chi connectivity index (χ3n) is 3.56. The number of nitrogens with zero attached hydrogens (tertiary/aromatic N) is 1. The van der Waals surface area contributed by atoms with Crippen LogP contribution in [0, 0.1) is 0 Å². The van der Waals surface area contributed by atoms with Crippen molar-refractivity contribution in [2.24, 2.45) is 0 Å². The molecule has 1 aliphatic rings. The zero-order chi connectivity index (χ0) is 12.6. The normalized spacial score (nSPS) is 22.6. The Hall–Kier alpha value is -1.81. The average Bonchev–Trinajstić information content (AvgIpc) is 2.89. The maximum absolute atomic E-state index is 10.9. The second-order valence-corrected chi connectivity index (χ2v) is 4.58. The van der Waals surface area contributed by atoms with Crippen molar-refractivity contribution >= 4 is 0 Å². The Kier molecular flexibility index (Phi) is 2.59. The molecule has 2 aromatic rings. The lowest BCUT2D eigenvalue weighted by Crippen LogP contribution is -2.31. The summed E-state index contributed by atoms with van der Waals surface area (Å²) in [5, 5.41) is 10.9. The molecule has 0 bridgehead atoms. The summed E-state index contributed by atoms with van der Waals surface area (Å²) in [7, 11) is 1.59. The molecule has 1 aliphatic carbocycles. The van der Waals surface area contributed by atoms with Crippen LogP contribution in [0.5, 0.6) is 5.75 Å². The van der Waals surface area contributed by atoms with Gasteiger partial charge in [-0.15, -0.1) is 0 Å². The maximum atomic E-state index is 10.9. The predicted octanol–water partition coefficient (Wildman–Crippen LogP) is 2.26. The number of aryl methyl sites for hydroxylation is 1. The number of aliphatic hydroxyl groups is 1. The number of aromatic nitrogens is 1. The van der Waals surface area contributed by atoms with E-state index in [0.29, 0.717) is 12.2 Å². The van der Waals surface area contributed by atoms with Crippen LogP contribution in [-0.2, 0) is 12.0 Å². The molecule has 1 unspecified atom stereocenters. The Morgan fingerprint density at radius 3 is 3.17 bits per heavy atom. The molecule has 0 saturated heterocycles. The third kappa shape index (κ3) is 1.61. The molecule has 2 aromatic heterocycles. The third-order valence-corrected chi connectivity index (χ3v) is 3.56. The number of ether oxygens (including phenoxy) is 1. The molecule has 0 fully saturated rings. The molecule has 0 radical (unpaired) electrons. The largest absolute Gasteiger partial charge is 0.495 e. The summed E-state index contributed by atoms with van der Waals surface area (Å²) >= 11 is 0. The Labute approximate surface area is 105 Å². The van der Waals surface area contributed by atoms with E-state index in [1.54, 1.807) is 25.8 Å². The first kappa shape index (κ1) is 11.3. The van der Waals surface area contributed by atoms with Gasteiger partial charge in [-0.3, -0.25) is 4.98 Å². The minimum atomic E-state index is -1.01. The van der Waals surface area contributed by atoms with Gasteiger partial charge in [0, 0.05) is 23.7 Å². The van der Waals surface area contributed by atoms with Gasteiger partial charge in [-0.05, 0) is 25.0 Å². The lowest BCUT2D eigenvalue weighted by atomic mass is 9.78. The molecule has 3 rings (SSSR count). The van der Waals surface area contributed by atoms with E-state index in [1.807, 2.05) is 12.1 Å². The van der Waals surface area contributed by atoms with Crippen LogP contribution < -0.4 is 4.74 Å². The number of hydrogen-bond acceptors (Lipinski definition) is 4. The van der Waals surface area contributed by atoms with Gasteiger partial charge in [-0.2, -0.15) is 0 Å². The van der Waals surface area contributed by atoms with Crippen LogP contribution in [0.4, 0.5) is 0 Å². The highest BCUT2D eigenvalue weighted by Gasteiger charge is 2.38. The topological polar surface area (TPSA) is 55.5 Å². The zero-order valence-corrected chi connectivity index (χ0v) is 10.2. The molecular formula is C14H15NO3. The second-order valence-electron chi connectivity index (χ2n) is 4.58. The van der Waals surface area contributed by atoms with E-state index in [0.717, 1.165) is 29.7 Å². The van der Waals surface area contributed by atoms with Gasteiger partial charge in [0.1, 0.15) is 17.1 Å². The molecule has 0 aromatic carbocycles. The molecule has 0 spiro atoms. The van der Waals surface area contributed by atoms with Crippen molar-refractivity contribution in [3.05, 3.63) is 47.7 Å². The Morgan fingerprint density at radius 1 is 1.44 bits per heavy atom. The molecule has 1 atom stereocenters. The Morgan fingerprint density at radius 2 is 2.33 bits per heavy atom. The lowest BCUT2D eigenvalue weighted by Gasteiger charge is -2.32. The molecule has 0 amide bonds. The molecule has 2 heterocycles. The highest BCUT2D eigenvalue weighted by Crippen LogP contribution is 2.41. The quantitative estimate of drug-likeness (QED) is 0.881. The first-order valence-electron chi connectivity index (χ1n) is 6.03. The van der Waals surface area contributed by atoms with Crippen molar-refractivity contribution < 1.29 is 14.3 Å². The van der Waals surface area contributed by atoms with Gasteiger partial charge in [0.2, 0.25) is 0 Å². The van der Waals surface area contributed by atoms with Crippen molar-refractivity contribution in [3.8, 4) is 5.75 Å². The molecule has 1 N–H and O–H groups in total. The van der Waals surface area contributed by atoms with Gasteiger partial charge in [0.15, 0.2) is 0 Å². The number of methoxy groups -OCH3 is 1. The molecular weight excluding hydrogens is 230 g/mol. The van der Waals surface area contributed by atoms with Crippen LogP contribution in [0.2, 0.25) is 0 Å². The average molecular weight is 245 g/mol. The Bertz CT molecular complexity index is 564. The summed E-state index contributed by atoms with van der Waals surface area (Å²) in [5.74, 6) is 1.52. The highest BCUT2D eigenvalue weighted by molar-refractivity contribution is 5.40. The van der Waals surface area contributed by atoms with Crippen molar-refractivity contribution in [1.82, 2.24) is 4.98 Å². The van der Waals surface area contributed by atoms with Crippen LogP contribution in [0.1, 0.15) is 29.7 Å². The predicted molar refractivity (Wildman–Crippen MR) is 65.4 cm³/mol. The number of hydrogen-bond donors (Lipinski definition) is 1. The van der Waals surface area contributed by atoms with Gasteiger partial charge in [0.05, 0.1) is 19.6 Å². The van der Waals surface area contributed by atoms with Gasteiger partial charge in [-0.1, -0.05) is 0 Å². The van der Waals surface area contributed by atoms with E-state index in [1.165, 1.54) is 0 Å². The maximum Gasteiger partial charge on any atom is 0.137 e. The van der Waals surface area contributed by atoms with E-state index in [-0.39, 0.29) is 0 Å². The number of furan rings is 1. The molecule has 4 nitrogen and oxygen atoms in total. The second kappa shape index (κ2) is 4.14. The van der Waals surface area contributed by atoms with E-state index in [2.05, 4.69) is 4.98 Å². The van der Waals surface area contributed by atoms with Crippen molar-refractivity contribution in [1.29, 1.82) is 0 Å². The fourth-order valence-corrected chi connectivity index (χ4v) is 2.60. The molecule has 18 heavy (non-hydrogen) atoms. The number of rotatable bonds is 2. The lowest BCUT2D eigenvalue weighted by molar-refractivity contribution is 0.0583. The minimum absolute atomic E-state index is 0.650. The first-order valence-corrected chi connectivity index (χ1v) is 6.03. The molecule has 94 valence electrons. The van der Waals surface area contributed by atoms with Crippen LogP contribution >= 0.6 is 0 Å².